The summed E-state index contributed by atoms with van der Waals surface area (Å²) >= 11 is 0. The van der Waals surface area contributed by atoms with E-state index in [1.54, 1.807) is 14.2 Å². The molecule has 1 aromatic heterocycles. The molecule has 4 heteroatoms. The van der Waals surface area contributed by atoms with Crippen LogP contribution in [0, 0.1) is 0 Å². The van der Waals surface area contributed by atoms with Crippen molar-refractivity contribution in [3.63, 3.8) is 0 Å². The quantitative estimate of drug-likeness (QED) is 0.849. The Morgan fingerprint density at radius 2 is 1.95 bits per heavy atom. The van der Waals surface area contributed by atoms with Crippen LogP contribution >= 0.6 is 0 Å². The van der Waals surface area contributed by atoms with Crippen LogP contribution in [0.25, 0.3) is 11.3 Å². The molecular weight excluding hydrogens is 240 g/mol. The van der Waals surface area contributed by atoms with E-state index in [9.17, 15) is 0 Å². The Morgan fingerprint density at radius 3 is 2.68 bits per heavy atom. The molecule has 0 N–H and O–H groups in total. The number of hydrogen-bond donors (Lipinski definition) is 0. The van der Waals surface area contributed by atoms with Crippen molar-refractivity contribution in [3.05, 3.63) is 30.2 Å². The molecule has 0 spiro atoms. The Balaban J connectivity index is 1.99. The van der Waals surface area contributed by atoms with E-state index in [1.165, 1.54) is 18.7 Å². The summed E-state index contributed by atoms with van der Waals surface area (Å²) in [5.74, 6) is 2.68. The second-order valence-electron chi connectivity index (χ2n) is 4.76. The Hall–Kier alpha value is -1.97. The average Bonchev–Trinajstić information content (AvgIpc) is 2.90. The highest BCUT2D eigenvalue weighted by atomic mass is 16.5. The zero-order chi connectivity index (χ0) is 13.2. The zero-order valence-corrected chi connectivity index (χ0v) is 11.3. The first-order valence-electron chi connectivity index (χ1n) is 6.60. The minimum atomic E-state index is 0.742. The molecule has 0 aliphatic carbocycles. The topological polar surface area (TPSA) is 36.3 Å². The number of benzene rings is 1. The van der Waals surface area contributed by atoms with Crippen molar-refractivity contribution in [2.45, 2.75) is 25.8 Å². The molecule has 1 aliphatic heterocycles. The lowest BCUT2D eigenvalue weighted by molar-refractivity contribution is 0.355. The van der Waals surface area contributed by atoms with Crippen LogP contribution in [0.2, 0.25) is 0 Å². The van der Waals surface area contributed by atoms with Gasteiger partial charge in [-0.25, -0.2) is 4.98 Å². The van der Waals surface area contributed by atoms with Crippen LogP contribution in [0.3, 0.4) is 0 Å². The van der Waals surface area contributed by atoms with E-state index in [-0.39, 0.29) is 0 Å². The summed E-state index contributed by atoms with van der Waals surface area (Å²) in [6, 6.07) is 5.93. The minimum Gasteiger partial charge on any atom is -0.493 e. The molecule has 0 atom stereocenters. The lowest BCUT2D eigenvalue weighted by atomic mass is 10.1. The molecule has 0 fully saturated rings. The maximum absolute atomic E-state index is 5.34. The minimum absolute atomic E-state index is 0.742. The van der Waals surface area contributed by atoms with Gasteiger partial charge in [0.15, 0.2) is 11.5 Å². The Bertz CT molecular complexity index is 566. The van der Waals surface area contributed by atoms with E-state index in [0.29, 0.717) is 0 Å². The van der Waals surface area contributed by atoms with E-state index < -0.39 is 0 Å². The Labute approximate surface area is 113 Å². The first kappa shape index (κ1) is 12.1. The fourth-order valence-electron chi connectivity index (χ4n) is 2.55. The van der Waals surface area contributed by atoms with E-state index in [0.717, 1.165) is 35.7 Å². The second kappa shape index (κ2) is 4.96. The van der Waals surface area contributed by atoms with Crippen LogP contribution in [-0.2, 0) is 13.0 Å². The van der Waals surface area contributed by atoms with Gasteiger partial charge in [-0.1, -0.05) is 0 Å². The van der Waals surface area contributed by atoms with Gasteiger partial charge in [-0.05, 0) is 31.0 Å². The molecule has 0 bridgehead atoms. The molecule has 1 aromatic carbocycles. The number of hydrogen-bond acceptors (Lipinski definition) is 3. The van der Waals surface area contributed by atoms with Crippen LogP contribution in [-0.4, -0.2) is 23.8 Å². The van der Waals surface area contributed by atoms with Crippen LogP contribution in [0.5, 0.6) is 11.5 Å². The predicted molar refractivity (Wildman–Crippen MR) is 73.7 cm³/mol. The summed E-state index contributed by atoms with van der Waals surface area (Å²) < 4.78 is 12.9. The summed E-state index contributed by atoms with van der Waals surface area (Å²) in [5, 5.41) is 0. The summed E-state index contributed by atoms with van der Waals surface area (Å²) in [4.78, 5) is 4.72. The number of aromatic nitrogens is 2. The van der Waals surface area contributed by atoms with E-state index in [4.69, 9.17) is 14.5 Å². The molecular formula is C15H18N2O2. The van der Waals surface area contributed by atoms with Crippen molar-refractivity contribution in [1.82, 2.24) is 9.55 Å². The van der Waals surface area contributed by atoms with Crippen LogP contribution in [0.4, 0.5) is 0 Å². The monoisotopic (exact) mass is 258 g/mol. The van der Waals surface area contributed by atoms with E-state index >= 15 is 0 Å². The summed E-state index contributed by atoms with van der Waals surface area (Å²) in [7, 11) is 3.30. The molecule has 0 saturated carbocycles. The molecule has 0 unspecified atom stereocenters. The molecule has 2 heterocycles. The average molecular weight is 258 g/mol. The fourth-order valence-corrected chi connectivity index (χ4v) is 2.55. The van der Waals surface area contributed by atoms with E-state index in [1.807, 2.05) is 18.2 Å². The zero-order valence-electron chi connectivity index (χ0n) is 11.3. The van der Waals surface area contributed by atoms with Gasteiger partial charge < -0.3 is 14.0 Å². The highest BCUT2D eigenvalue weighted by Crippen LogP contribution is 2.32. The van der Waals surface area contributed by atoms with Crippen molar-refractivity contribution < 1.29 is 9.47 Å². The molecule has 3 rings (SSSR count). The predicted octanol–water partition coefficient (Wildman–Crippen LogP) is 2.90. The van der Waals surface area contributed by atoms with Crippen molar-refractivity contribution in [1.29, 1.82) is 0 Å². The van der Waals surface area contributed by atoms with Gasteiger partial charge in [0, 0.05) is 24.7 Å². The number of aryl methyl sites for hydroxylation is 2. The van der Waals surface area contributed by atoms with Crippen molar-refractivity contribution in [3.8, 4) is 22.8 Å². The normalized spacial score (nSPS) is 14.0. The van der Waals surface area contributed by atoms with Crippen molar-refractivity contribution >= 4 is 0 Å². The summed E-state index contributed by atoms with van der Waals surface area (Å²) in [6.07, 6.45) is 5.69. The molecule has 0 amide bonds. The number of fused-ring (bicyclic) bond motifs is 1. The van der Waals surface area contributed by atoms with Gasteiger partial charge in [-0.2, -0.15) is 0 Å². The number of methoxy groups -OCH3 is 2. The fraction of sp³-hybridized carbons (Fsp3) is 0.400. The number of nitrogens with zero attached hydrogens (tertiary/aromatic N) is 2. The lowest BCUT2D eigenvalue weighted by Crippen LogP contribution is -2.08. The highest BCUT2D eigenvalue weighted by Gasteiger charge is 2.14. The van der Waals surface area contributed by atoms with Crippen LogP contribution < -0.4 is 9.47 Å². The second-order valence-corrected chi connectivity index (χ2v) is 4.76. The maximum atomic E-state index is 5.34. The van der Waals surface area contributed by atoms with Gasteiger partial charge in [0.2, 0.25) is 0 Å². The molecule has 4 nitrogen and oxygen atoms in total. The lowest BCUT2D eigenvalue weighted by Gasteiger charge is -2.11. The first-order valence-corrected chi connectivity index (χ1v) is 6.60. The Morgan fingerprint density at radius 1 is 1.11 bits per heavy atom. The van der Waals surface area contributed by atoms with E-state index in [2.05, 4.69) is 10.8 Å². The molecule has 19 heavy (non-hydrogen) atoms. The van der Waals surface area contributed by atoms with Crippen LogP contribution in [0.1, 0.15) is 18.7 Å². The number of imidazole rings is 1. The van der Waals surface area contributed by atoms with Gasteiger partial charge in [-0.3, -0.25) is 0 Å². The third-order valence-electron chi connectivity index (χ3n) is 3.59. The van der Waals surface area contributed by atoms with Gasteiger partial charge in [0.1, 0.15) is 5.82 Å². The molecule has 2 aromatic rings. The molecule has 0 radical (unpaired) electrons. The third-order valence-corrected chi connectivity index (χ3v) is 3.59. The summed E-state index contributed by atoms with van der Waals surface area (Å²) in [6.45, 7) is 1.08. The van der Waals surface area contributed by atoms with Crippen LogP contribution in [0.15, 0.2) is 24.4 Å². The first-order chi connectivity index (χ1) is 9.31. The van der Waals surface area contributed by atoms with Gasteiger partial charge >= 0.3 is 0 Å². The SMILES string of the molecule is COc1ccc(-c2cn3c(n2)CCCC3)cc1OC. The standard InChI is InChI=1S/C15H18N2O2/c1-18-13-7-6-11(9-14(13)19-2)12-10-17-8-4-3-5-15(17)16-12/h6-7,9-10H,3-5,8H2,1-2H3. The largest absolute Gasteiger partial charge is 0.493 e. The number of rotatable bonds is 3. The highest BCUT2D eigenvalue weighted by molar-refractivity contribution is 5.63. The van der Waals surface area contributed by atoms with Gasteiger partial charge in [0.05, 0.1) is 19.9 Å². The molecule has 0 saturated heterocycles. The van der Waals surface area contributed by atoms with Gasteiger partial charge in [0.25, 0.3) is 0 Å². The smallest absolute Gasteiger partial charge is 0.161 e. The molecule has 1 aliphatic rings. The van der Waals surface area contributed by atoms with Crippen molar-refractivity contribution in [2.75, 3.05) is 14.2 Å². The van der Waals surface area contributed by atoms with Gasteiger partial charge in [-0.15, -0.1) is 0 Å². The number of ether oxygens (including phenoxy) is 2. The van der Waals surface area contributed by atoms with Crippen molar-refractivity contribution in [2.24, 2.45) is 0 Å². The Kier molecular flexibility index (Phi) is 3.15. The third kappa shape index (κ3) is 2.18. The maximum Gasteiger partial charge on any atom is 0.161 e. The summed E-state index contributed by atoms with van der Waals surface area (Å²) in [5.41, 5.74) is 2.08. The molecule has 100 valence electrons.